The molecule has 2 aromatic heterocycles. The summed E-state index contributed by atoms with van der Waals surface area (Å²) < 4.78 is 15.5. The zero-order chi connectivity index (χ0) is 38.0. The van der Waals surface area contributed by atoms with Crippen LogP contribution < -0.4 is 21.3 Å². The van der Waals surface area contributed by atoms with Crippen molar-refractivity contribution in [3.8, 4) is 0 Å². The molecule has 2 unspecified atom stereocenters. The minimum atomic E-state index is -0.509. The van der Waals surface area contributed by atoms with Gasteiger partial charge in [0.05, 0.1) is 24.6 Å². The first-order chi connectivity index (χ1) is 25.7. The fourth-order valence-electron chi connectivity index (χ4n) is 4.67. The van der Waals surface area contributed by atoms with Crippen molar-refractivity contribution in [1.29, 1.82) is 0 Å². The van der Waals surface area contributed by atoms with Gasteiger partial charge in [0.1, 0.15) is 10.0 Å². The number of anilines is 6. The number of aliphatic hydroxyl groups is 2. The number of rotatable bonds is 18. The quantitative estimate of drug-likeness (QED) is 0.0538. The molecule has 2 saturated carbocycles. The van der Waals surface area contributed by atoms with E-state index in [-0.39, 0.29) is 12.7 Å². The van der Waals surface area contributed by atoms with E-state index in [9.17, 15) is 5.11 Å². The van der Waals surface area contributed by atoms with Crippen LogP contribution in [0.3, 0.4) is 0 Å². The molecule has 0 radical (unpaired) electrons. The average molecular weight is 772 g/mol. The van der Waals surface area contributed by atoms with E-state index in [1.54, 1.807) is 33.5 Å². The topological polar surface area (TPSA) is 168 Å². The molecule has 2 atom stereocenters. The summed E-state index contributed by atoms with van der Waals surface area (Å²) in [5, 5.41) is 31.8. The zero-order valence-electron chi connectivity index (χ0n) is 30.8. The highest BCUT2D eigenvalue weighted by Gasteiger charge is 2.23. The van der Waals surface area contributed by atoms with E-state index in [4.69, 9.17) is 37.8 Å². The van der Waals surface area contributed by atoms with Gasteiger partial charge in [0.25, 0.3) is 0 Å². The van der Waals surface area contributed by atoms with Gasteiger partial charge in [-0.25, -0.2) is 9.97 Å². The molecule has 2 heterocycles. The van der Waals surface area contributed by atoms with Crippen molar-refractivity contribution in [2.75, 3.05) is 61.9 Å². The molecule has 0 aliphatic heterocycles. The van der Waals surface area contributed by atoms with E-state index in [0.717, 1.165) is 61.0 Å². The molecule has 15 heteroatoms. The molecule has 2 fully saturated rings. The van der Waals surface area contributed by atoms with Crippen LogP contribution >= 0.6 is 23.2 Å². The summed E-state index contributed by atoms with van der Waals surface area (Å²) >= 11 is 12.3. The molecule has 4 aromatic rings. The second kappa shape index (κ2) is 22.4. The number of benzene rings is 2. The van der Waals surface area contributed by atoms with Gasteiger partial charge in [-0.1, -0.05) is 47.5 Å². The van der Waals surface area contributed by atoms with Crippen LogP contribution in [0.15, 0.2) is 60.9 Å². The molecule has 53 heavy (non-hydrogen) atoms. The molecule has 0 saturated heterocycles. The minimum absolute atomic E-state index is 0.00633. The van der Waals surface area contributed by atoms with Gasteiger partial charge in [0.15, 0.2) is 11.6 Å². The standard InChI is InChI=1S/C19H25ClN4O2.C15H17ClN4O.C4H10O2/c1-13(26-10-4-9-25-2)14-5-3-6-16(11-14)23-19-21-12-17(20)18(24-19)22-15-7-8-15;1-9(21)10-3-2-4-12(7-10)19-15-17-8-13(16)14(20-15)18-11-5-6-11;1-6-4-2-3-5/h3,5-6,11-13,15H,4,7-10H2,1-2H3,(H2,21,22,23,24);2-4,7-9,11,21H,5-6H2,1H3,(H2,17,18,19,20);5H,2-4H2,1H3. The number of aliphatic hydroxyl groups excluding tert-OH is 2. The van der Waals surface area contributed by atoms with Gasteiger partial charge in [0.2, 0.25) is 11.9 Å². The average Bonchev–Trinajstić information content (AvgIpc) is 4.11. The van der Waals surface area contributed by atoms with Crippen molar-refractivity contribution < 1.29 is 24.4 Å². The Hall–Kier alpha value is -3.82. The highest BCUT2D eigenvalue weighted by atomic mass is 35.5. The molecule has 2 aliphatic rings. The van der Waals surface area contributed by atoms with Gasteiger partial charge in [-0.05, 0) is 87.8 Å². The third kappa shape index (κ3) is 15.6. The number of ether oxygens (including phenoxy) is 3. The monoisotopic (exact) mass is 770 g/mol. The lowest BCUT2D eigenvalue weighted by Crippen LogP contribution is -2.07. The van der Waals surface area contributed by atoms with Gasteiger partial charge in [-0.15, -0.1) is 0 Å². The summed E-state index contributed by atoms with van der Waals surface area (Å²) in [7, 11) is 3.32. The Morgan fingerprint density at radius 3 is 1.68 bits per heavy atom. The summed E-state index contributed by atoms with van der Waals surface area (Å²) in [6.07, 6.45) is 8.95. The number of hydrogen-bond acceptors (Lipinski definition) is 13. The summed E-state index contributed by atoms with van der Waals surface area (Å²) in [4.78, 5) is 17.3. The van der Waals surface area contributed by atoms with E-state index in [2.05, 4.69) is 52.0 Å². The van der Waals surface area contributed by atoms with Crippen LogP contribution in [0.5, 0.6) is 0 Å². The first-order valence-corrected chi connectivity index (χ1v) is 18.6. The first kappa shape index (κ1) is 41.9. The molecule has 0 amide bonds. The fraction of sp³-hybridized carbons (Fsp3) is 0.474. The van der Waals surface area contributed by atoms with Crippen LogP contribution in [0.1, 0.15) is 75.7 Å². The molecular weight excluding hydrogens is 719 g/mol. The van der Waals surface area contributed by atoms with E-state index >= 15 is 0 Å². The molecule has 6 rings (SSSR count). The fourth-order valence-corrected chi connectivity index (χ4v) is 4.96. The number of aromatic nitrogens is 4. The lowest BCUT2D eigenvalue weighted by Gasteiger charge is -2.15. The zero-order valence-corrected chi connectivity index (χ0v) is 32.3. The smallest absolute Gasteiger partial charge is 0.229 e. The van der Waals surface area contributed by atoms with Crippen molar-refractivity contribution in [1.82, 2.24) is 19.9 Å². The Kier molecular flexibility index (Phi) is 17.7. The van der Waals surface area contributed by atoms with Gasteiger partial charge < -0.3 is 45.7 Å². The number of hydrogen-bond donors (Lipinski definition) is 6. The molecule has 13 nitrogen and oxygen atoms in total. The van der Waals surface area contributed by atoms with Crippen LogP contribution in [0.25, 0.3) is 0 Å². The molecule has 0 spiro atoms. The van der Waals surface area contributed by atoms with Gasteiger partial charge in [-0.2, -0.15) is 9.97 Å². The van der Waals surface area contributed by atoms with Crippen LogP contribution in [0.4, 0.5) is 34.9 Å². The van der Waals surface area contributed by atoms with E-state index < -0.39 is 6.10 Å². The lowest BCUT2D eigenvalue weighted by atomic mass is 10.1. The Balaban J connectivity index is 0.000000209. The third-order valence-corrected chi connectivity index (χ3v) is 8.48. The second-order valence-electron chi connectivity index (χ2n) is 12.7. The lowest BCUT2D eigenvalue weighted by molar-refractivity contribution is 0.0498. The number of methoxy groups -OCH3 is 2. The van der Waals surface area contributed by atoms with Gasteiger partial charge in [-0.3, -0.25) is 0 Å². The minimum Gasteiger partial charge on any atom is -0.396 e. The maximum absolute atomic E-state index is 9.61. The Morgan fingerprint density at radius 1 is 0.736 bits per heavy atom. The van der Waals surface area contributed by atoms with Crippen molar-refractivity contribution in [3.05, 3.63) is 82.1 Å². The second-order valence-corrected chi connectivity index (χ2v) is 13.5. The molecule has 0 bridgehead atoms. The predicted molar refractivity (Wildman–Crippen MR) is 212 cm³/mol. The van der Waals surface area contributed by atoms with Crippen LogP contribution in [-0.4, -0.2) is 82.9 Å². The highest BCUT2D eigenvalue weighted by molar-refractivity contribution is 6.33. The molecule has 2 aliphatic carbocycles. The summed E-state index contributed by atoms with van der Waals surface area (Å²) in [6.45, 7) is 6.05. The SMILES string of the molecule is CC(O)c1cccc(Nc2ncc(Cl)c(NC3CC3)n2)c1.COCCCO.COCCCOC(C)c1cccc(Nc2ncc(Cl)c(NC3CC3)n2)c1. The van der Waals surface area contributed by atoms with E-state index in [1.165, 1.54) is 0 Å². The summed E-state index contributed by atoms with van der Waals surface area (Å²) in [5.41, 5.74) is 3.67. The van der Waals surface area contributed by atoms with Crippen molar-refractivity contribution in [2.45, 2.75) is 76.7 Å². The number of nitrogens with one attached hydrogen (secondary N) is 4. The van der Waals surface area contributed by atoms with Crippen LogP contribution in [0.2, 0.25) is 10.0 Å². The van der Waals surface area contributed by atoms with Gasteiger partial charge >= 0.3 is 0 Å². The van der Waals surface area contributed by atoms with Gasteiger partial charge in [0, 0.05) is 64.1 Å². The molecule has 288 valence electrons. The Labute approximate surface area is 322 Å². The highest BCUT2D eigenvalue weighted by Crippen LogP contribution is 2.30. The van der Waals surface area contributed by atoms with Crippen LogP contribution in [0, 0.1) is 0 Å². The maximum atomic E-state index is 9.61. The van der Waals surface area contributed by atoms with E-state index in [1.807, 2.05) is 49.4 Å². The van der Waals surface area contributed by atoms with Crippen molar-refractivity contribution in [3.63, 3.8) is 0 Å². The summed E-state index contributed by atoms with van der Waals surface area (Å²) in [5.74, 6) is 2.33. The normalized spacial score (nSPS) is 14.5. The first-order valence-electron chi connectivity index (χ1n) is 17.9. The molecular formula is C38H52Cl2N8O5. The Morgan fingerprint density at radius 2 is 1.23 bits per heavy atom. The third-order valence-electron chi connectivity index (χ3n) is 7.93. The number of halogens is 2. The van der Waals surface area contributed by atoms with Crippen molar-refractivity contribution in [2.24, 2.45) is 0 Å². The largest absolute Gasteiger partial charge is 0.396 e. The predicted octanol–water partition coefficient (Wildman–Crippen LogP) is 8.08. The maximum Gasteiger partial charge on any atom is 0.229 e. The van der Waals surface area contributed by atoms with Crippen LogP contribution in [-0.2, 0) is 14.2 Å². The Bertz CT molecular complexity index is 1680. The summed E-state index contributed by atoms with van der Waals surface area (Å²) in [6, 6.07) is 16.6. The number of nitrogens with zero attached hydrogens (tertiary/aromatic N) is 4. The van der Waals surface area contributed by atoms with E-state index in [0.29, 0.717) is 65.5 Å². The van der Waals surface area contributed by atoms with Crippen molar-refractivity contribution >= 4 is 58.1 Å². The molecule has 2 aromatic carbocycles. The molecule has 6 N–H and O–H groups in total.